The van der Waals surface area contributed by atoms with Gasteiger partial charge in [0.2, 0.25) is 5.91 Å². The quantitative estimate of drug-likeness (QED) is 0.0424. The van der Waals surface area contributed by atoms with Crippen LogP contribution in [-0.2, 0) is 4.79 Å². The van der Waals surface area contributed by atoms with Crippen molar-refractivity contribution in [3.05, 3.63) is 36.5 Å². The Morgan fingerprint density at radius 1 is 0.404 bits per heavy atom. The molecule has 4 heteroatoms. The highest BCUT2D eigenvalue weighted by molar-refractivity contribution is 5.76. The van der Waals surface area contributed by atoms with Crippen LogP contribution in [0.4, 0.5) is 0 Å². The van der Waals surface area contributed by atoms with Crippen LogP contribution in [0.3, 0.4) is 0 Å². The summed E-state index contributed by atoms with van der Waals surface area (Å²) < 4.78 is 0. The van der Waals surface area contributed by atoms with Crippen LogP contribution in [0.5, 0.6) is 0 Å². The van der Waals surface area contributed by atoms with Crippen LogP contribution in [0.15, 0.2) is 36.5 Å². The van der Waals surface area contributed by atoms with Crippen molar-refractivity contribution in [2.75, 3.05) is 6.61 Å². The van der Waals surface area contributed by atoms with Crippen molar-refractivity contribution in [3.8, 4) is 0 Å². The molecule has 0 aliphatic heterocycles. The Kier molecular flexibility index (Phi) is 47.8. The first-order valence-corrected chi connectivity index (χ1v) is 25.7. The molecule has 1 amide bonds. The first-order chi connectivity index (χ1) is 28.2. The second-order valence-corrected chi connectivity index (χ2v) is 17.6. The molecule has 2 unspecified atom stereocenters. The van der Waals surface area contributed by atoms with E-state index in [0.717, 1.165) is 38.5 Å². The average Bonchev–Trinajstić information content (AvgIpc) is 3.22. The number of allylic oxidation sites excluding steroid dienone is 5. The minimum absolute atomic E-state index is 0.0771. The molecule has 0 fully saturated rings. The molecule has 0 rings (SSSR count). The Morgan fingerprint density at radius 2 is 0.684 bits per heavy atom. The van der Waals surface area contributed by atoms with Crippen LogP contribution in [0, 0.1) is 0 Å². The highest BCUT2D eigenvalue weighted by atomic mass is 16.3. The lowest BCUT2D eigenvalue weighted by molar-refractivity contribution is -0.123. The fourth-order valence-corrected chi connectivity index (χ4v) is 7.92. The molecule has 0 spiro atoms. The lowest BCUT2D eigenvalue weighted by Gasteiger charge is -2.19. The summed E-state index contributed by atoms with van der Waals surface area (Å²) in [5.74, 6) is -0.0771. The molecular formula is C53H101NO3. The van der Waals surface area contributed by atoms with Gasteiger partial charge in [0.15, 0.2) is 0 Å². The van der Waals surface area contributed by atoms with Gasteiger partial charge in [-0.1, -0.05) is 262 Å². The van der Waals surface area contributed by atoms with Gasteiger partial charge >= 0.3 is 0 Å². The van der Waals surface area contributed by atoms with Gasteiger partial charge in [-0.2, -0.15) is 0 Å². The Morgan fingerprint density at radius 3 is 1.02 bits per heavy atom. The molecule has 0 aromatic heterocycles. The fourth-order valence-electron chi connectivity index (χ4n) is 7.92. The zero-order chi connectivity index (χ0) is 41.4. The van der Waals surface area contributed by atoms with E-state index in [0.29, 0.717) is 6.42 Å². The Labute approximate surface area is 357 Å². The second-order valence-electron chi connectivity index (χ2n) is 17.6. The van der Waals surface area contributed by atoms with Gasteiger partial charge in [-0.25, -0.2) is 0 Å². The fraction of sp³-hybridized carbons (Fsp3) is 0.868. The van der Waals surface area contributed by atoms with E-state index in [1.54, 1.807) is 6.08 Å². The van der Waals surface area contributed by atoms with Gasteiger partial charge in [0, 0.05) is 6.42 Å². The predicted octanol–water partition coefficient (Wildman–Crippen LogP) is 16.5. The minimum Gasteiger partial charge on any atom is -0.394 e. The van der Waals surface area contributed by atoms with Crippen LogP contribution in [0.2, 0.25) is 0 Å². The summed E-state index contributed by atoms with van der Waals surface area (Å²) in [5.41, 5.74) is 0. The van der Waals surface area contributed by atoms with Crippen LogP contribution in [-0.4, -0.2) is 34.9 Å². The molecule has 3 N–H and O–H groups in total. The van der Waals surface area contributed by atoms with E-state index < -0.39 is 12.1 Å². The van der Waals surface area contributed by atoms with E-state index in [2.05, 4.69) is 43.5 Å². The summed E-state index contributed by atoms with van der Waals surface area (Å²) >= 11 is 0. The smallest absolute Gasteiger partial charge is 0.220 e. The van der Waals surface area contributed by atoms with Crippen molar-refractivity contribution in [1.82, 2.24) is 5.32 Å². The number of hydrogen-bond acceptors (Lipinski definition) is 3. The van der Waals surface area contributed by atoms with Gasteiger partial charge < -0.3 is 15.5 Å². The van der Waals surface area contributed by atoms with Crippen molar-refractivity contribution < 1.29 is 15.0 Å². The molecule has 57 heavy (non-hydrogen) atoms. The number of hydrogen-bond donors (Lipinski definition) is 3. The number of aliphatic hydroxyl groups is 2. The maximum Gasteiger partial charge on any atom is 0.220 e. The molecule has 0 saturated carbocycles. The standard InChI is InChI=1S/C53H101NO3/c1-3-5-7-9-11-13-15-17-18-19-20-21-22-23-24-25-26-27-28-29-30-31-32-33-34-35-36-37-38-40-42-44-46-48-52(56)51(50-55)54-53(57)49-47-45-43-41-39-16-14-12-10-8-6-4-2/h34-35,38,40,46,48,51-52,55-56H,3-33,36-37,39,41-45,47,49-50H2,1-2H3,(H,54,57)/b35-34+,40-38+,48-46+. The molecule has 0 aliphatic rings. The van der Waals surface area contributed by atoms with E-state index in [1.807, 2.05) is 6.08 Å². The van der Waals surface area contributed by atoms with Gasteiger partial charge in [0.25, 0.3) is 0 Å². The Bertz CT molecular complexity index is 866. The Balaban J connectivity index is 3.50. The van der Waals surface area contributed by atoms with Gasteiger partial charge in [-0.05, 0) is 44.9 Å². The lowest BCUT2D eigenvalue weighted by atomic mass is 10.0. The highest BCUT2D eigenvalue weighted by Crippen LogP contribution is 2.16. The van der Waals surface area contributed by atoms with Crippen molar-refractivity contribution in [2.45, 2.75) is 289 Å². The topological polar surface area (TPSA) is 69.6 Å². The van der Waals surface area contributed by atoms with Crippen LogP contribution in [0.1, 0.15) is 277 Å². The third kappa shape index (κ3) is 45.5. The van der Waals surface area contributed by atoms with Crippen LogP contribution >= 0.6 is 0 Å². The average molecular weight is 800 g/mol. The molecule has 2 atom stereocenters. The van der Waals surface area contributed by atoms with Crippen LogP contribution in [0.25, 0.3) is 0 Å². The van der Waals surface area contributed by atoms with Crippen molar-refractivity contribution in [3.63, 3.8) is 0 Å². The SMILES string of the molecule is CCCCCCCCCCCCCCCCCCCCCCCCC/C=C/CC/C=C/CC/C=C/C(O)C(CO)NC(=O)CCCCCCCCCCCCCC. The molecule has 0 bridgehead atoms. The molecule has 0 heterocycles. The molecule has 0 aromatic rings. The van der Waals surface area contributed by atoms with Gasteiger partial charge in [0.05, 0.1) is 18.8 Å². The second kappa shape index (κ2) is 49.0. The van der Waals surface area contributed by atoms with E-state index in [4.69, 9.17) is 0 Å². The summed E-state index contributed by atoms with van der Waals surface area (Å²) in [6.45, 7) is 4.30. The zero-order valence-electron chi connectivity index (χ0n) is 38.6. The summed E-state index contributed by atoms with van der Waals surface area (Å²) in [6.07, 6.45) is 65.9. The normalized spacial score (nSPS) is 13.1. The molecular weight excluding hydrogens is 699 g/mol. The minimum atomic E-state index is -0.867. The van der Waals surface area contributed by atoms with Crippen LogP contribution < -0.4 is 5.32 Å². The molecule has 0 aliphatic carbocycles. The maximum absolute atomic E-state index is 12.3. The number of carbonyl (C=O) groups excluding carboxylic acids is 1. The van der Waals surface area contributed by atoms with E-state index in [-0.39, 0.29) is 12.5 Å². The number of carbonyl (C=O) groups is 1. The van der Waals surface area contributed by atoms with E-state index in [9.17, 15) is 15.0 Å². The molecule has 336 valence electrons. The zero-order valence-corrected chi connectivity index (χ0v) is 38.6. The molecule has 0 saturated heterocycles. The number of unbranched alkanes of at least 4 members (excludes halogenated alkanes) is 36. The lowest BCUT2D eigenvalue weighted by Crippen LogP contribution is -2.45. The molecule has 4 nitrogen and oxygen atoms in total. The summed E-state index contributed by atoms with van der Waals surface area (Å²) in [5, 5.41) is 23.0. The van der Waals surface area contributed by atoms with Crippen molar-refractivity contribution in [2.24, 2.45) is 0 Å². The largest absolute Gasteiger partial charge is 0.394 e. The number of nitrogens with one attached hydrogen (secondary N) is 1. The maximum atomic E-state index is 12.3. The van der Waals surface area contributed by atoms with E-state index >= 15 is 0 Å². The first-order valence-electron chi connectivity index (χ1n) is 25.7. The first kappa shape index (κ1) is 55.6. The third-order valence-corrected chi connectivity index (χ3v) is 11.9. The van der Waals surface area contributed by atoms with Gasteiger partial charge in [-0.3, -0.25) is 4.79 Å². The molecule has 0 aromatic carbocycles. The van der Waals surface area contributed by atoms with Gasteiger partial charge in [0.1, 0.15) is 0 Å². The third-order valence-electron chi connectivity index (χ3n) is 11.9. The summed E-state index contributed by atoms with van der Waals surface area (Å²) in [6, 6.07) is -0.642. The van der Waals surface area contributed by atoms with Crippen molar-refractivity contribution in [1.29, 1.82) is 0 Å². The number of aliphatic hydroxyl groups excluding tert-OH is 2. The van der Waals surface area contributed by atoms with E-state index in [1.165, 1.54) is 218 Å². The van der Waals surface area contributed by atoms with Crippen molar-refractivity contribution >= 4 is 5.91 Å². The highest BCUT2D eigenvalue weighted by Gasteiger charge is 2.17. The number of amides is 1. The monoisotopic (exact) mass is 800 g/mol. The molecule has 0 radical (unpaired) electrons. The Hall–Kier alpha value is -1.39. The van der Waals surface area contributed by atoms with Gasteiger partial charge in [-0.15, -0.1) is 0 Å². The summed E-state index contributed by atoms with van der Waals surface area (Å²) in [7, 11) is 0. The summed E-state index contributed by atoms with van der Waals surface area (Å²) in [4.78, 5) is 12.3. The number of rotatable bonds is 47. The predicted molar refractivity (Wildman–Crippen MR) is 253 cm³/mol.